The lowest BCUT2D eigenvalue weighted by atomic mass is 10.2. The highest BCUT2D eigenvalue weighted by molar-refractivity contribution is 5.43. The zero-order valence-corrected chi connectivity index (χ0v) is 7.95. The number of hydrogen-bond acceptors (Lipinski definition) is 4. The molecule has 4 heteroatoms. The Bertz CT molecular complexity index is 315. The van der Waals surface area contributed by atoms with Gasteiger partial charge in [0, 0.05) is 13.2 Å². The minimum Gasteiger partial charge on any atom is -0.486 e. The van der Waals surface area contributed by atoms with Crippen molar-refractivity contribution in [1.29, 1.82) is 0 Å². The molecule has 4 nitrogen and oxygen atoms in total. The zero-order chi connectivity index (χ0) is 9.80. The van der Waals surface area contributed by atoms with Gasteiger partial charge < -0.3 is 20.5 Å². The first-order valence-electron chi connectivity index (χ1n) is 4.69. The number of ether oxygens (including phenoxy) is 2. The van der Waals surface area contributed by atoms with Gasteiger partial charge in [-0.3, -0.25) is 0 Å². The summed E-state index contributed by atoms with van der Waals surface area (Å²) in [4.78, 5) is 0. The van der Waals surface area contributed by atoms with Crippen LogP contribution in [0, 0.1) is 0 Å². The van der Waals surface area contributed by atoms with Gasteiger partial charge in [0.05, 0.1) is 0 Å². The fourth-order valence-electron chi connectivity index (χ4n) is 1.41. The summed E-state index contributed by atoms with van der Waals surface area (Å²) in [5, 5.41) is 3.05. The van der Waals surface area contributed by atoms with Gasteiger partial charge in [-0.15, -0.1) is 0 Å². The Morgan fingerprint density at radius 2 is 2.00 bits per heavy atom. The maximum Gasteiger partial charge on any atom is 0.161 e. The molecule has 0 atom stereocenters. The molecule has 0 aliphatic carbocycles. The van der Waals surface area contributed by atoms with Crippen molar-refractivity contribution in [2.75, 3.05) is 19.9 Å². The van der Waals surface area contributed by atoms with Crippen LogP contribution in [-0.4, -0.2) is 19.9 Å². The maximum absolute atomic E-state index is 5.46. The Hall–Kier alpha value is -1.26. The molecule has 0 aromatic heterocycles. The van der Waals surface area contributed by atoms with Crippen molar-refractivity contribution in [2.45, 2.75) is 6.54 Å². The van der Waals surface area contributed by atoms with Crippen LogP contribution >= 0.6 is 0 Å². The monoisotopic (exact) mass is 194 g/mol. The summed E-state index contributed by atoms with van der Waals surface area (Å²) in [5.41, 5.74) is 6.50. The Labute approximate surface area is 83.0 Å². The summed E-state index contributed by atoms with van der Waals surface area (Å²) in [7, 11) is 0. The lowest BCUT2D eigenvalue weighted by molar-refractivity contribution is 0.171. The molecule has 1 aromatic rings. The van der Waals surface area contributed by atoms with Gasteiger partial charge in [-0.2, -0.15) is 0 Å². The molecule has 2 rings (SSSR count). The predicted octanol–water partition coefficient (Wildman–Crippen LogP) is 0.464. The summed E-state index contributed by atoms with van der Waals surface area (Å²) in [6, 6.07) is 5.93. The molecule has 0 radical (unpaired) electrons. The molecule has 0 fully saturated rings. The van der Waals surface area contributed by atoms with E-state index in [9.17, 15) is 0 Å². The largest absolute Gasteiger partial charge is 0.486 e. The van der Waals surface area contributed by atoms with E-state index in [1.807, 2.05) is 18.2 Å². The molecule has 0 amide bonds. The van der Waals surface area contributed by atoms with Crippen LogP contribution < -0.4 is 20.5 Å². The van der Waals surface area contributed by atoms with Gasteiger partial charge in [0.1, 0.15) is 13.2 Å². The Kier molecular flexibility index (Phi) is 2.86. The van der Waals surface area contributed by atoms with Crippen LogP contribution in [0.5, 0.6) is 11.5 Å². The van der Waals surface area contributed by atoms with Crippen molar-refractivity contribution in [3.63, 3.8) is 0 Å². The lowest BCUT2D eigenvalue weighted by Gasteiger charge is -2.18. The number of rotatable bonds is 3. The quantitative estimate of drug-likeness (QED) is 0.686. The molecule has 76 valence electrons. The van der Waals surface area contributed by atoms with Crippen LogP contribution in [0.2, 0.25) is 0 Å². The van der Waals surface area contributed by atoms with Gasteiger partial charge in [-0.25, -0.2) is 0 Å². The number of nitrogens with two attached hydrogens (primary N) is 1. The van der Waals surface area contributed by atoms with Crippen LogP contribution in [0.1, 0.15) is 5.56 Å². The highest BCUT2D eigenvalue weighted by atomic mass is 16.6. The average molecular weight is 194 g/mol. The van der Waals surface area contributed by atoms with E-state index in [4.69, 9.17) is 15.2 Å². The van der Waals surface area contributed by atoms with E-state index < -0.39 is 0 Å². The van der Waals surface area contributed by atoms with Crippen LogP contribution in [0.15, 0.2) is 18.2 Å². The van der Waals surface area contributed by atoms with Gasteiger partial charge in [-0.1, -0.05) is 6.07 Å². The summed E-state index contributed by atoms with van der Waals surface area (Å²) < 4.78 is 10.9. The molecule has 0 saturated heterocycles. The zero-order valence-electron chi connectivity index (χ0n) is 7.95. The normalized spacial score (nSPS) is 14.1. The second-order valence-corrected chi connectivity index (χ2v) is 3.11. The highest BCUT2D eigenvalue weighted by Crippen LogP contribution is 2.30. The van der Waals surface area contributed by atoms with Gasteiger partial charge in [-0.05, 0) is 17.7 Å². The van der Waals surface area contributed by atoms with Crippen molar-refractivity contribution >= 4 is 0 Å². The topological polar surface area (TPSA) is 56.5 Å². The van der Waals surface area contributed by atoms with E-state index in [1.54, 1.807) is 0 Å². The average Bonchev–Trinajstić information content (AvgIpc) is 2.26. The molecule has 1 aromatic carbocycles. The Balaban J connectivity index is 2.12. The van der Waals surface area contributed by atoms with E-state index in [1.165, 1.54) is 0 Å². The molecular formula is C10H14N2O2. The van der Waals surface area contributed by atoms with Crippen LogP contribution in [0.25, 0.3) is 0 Å². The molecule has 3 N–H and O–H groups in total. The second-order valence-electron chi connectivity index (χ2n) is 3.11. The fourth-order valence-corrected chi connectivity index (χ4v) is 1.41. The van der Waals surface area contributed by atoms with Crippen LogP contribution in [0.4, 0.5) is 0 Å². The van der Waals surface area contributed by atoms with Crippen molar-refractivity contribution in [3.05, 3.63) is 23.8 Å². The third-order valence-corrected chi connectivity index (χ3v) is 2.08. The number of benzene rings is 1. The Morgan fingerprint density at radius 3 is 2.79 bits per heavy atom. The summed E-state index contributed by atoms with van der Waals surface area (Å²) in [5.74, 6) is 1.65. The molecule has 0 spiro atoms. The van der Waals surface area contributed by atoms with Gasteiger partial charge in [0.25, 0.3) is 0 Å². The molecule has 0 bridgehead atoms. The van der Waals surface area contributed by atoms with Crippen molar-refractivity contribution < 1.29 is 9.47 Å². The molecule has 14 heavy (non-hydrogen) atoms. The maximum atomic E-state index is 5.46. The lowest BCUT2D eigenvalue weighted by Crippen LogP contribution is -2.21. The second kappa shape index (κ2) is 4.30. The molecule has 0 unspecified atom stereocenters. The fraction of sp³-hybridized carbons (Fsp3) is 0.400. The SMILES string of the molecule is NCNCc1ccc2c(c1)OCCO2. The molecule has 1 heterocycles. The Morgan fingerprint density at radius 1 is 1.21 bits per heavy atom. The smallest absolute Gasteiger partial charge is 0.161 e. The van der Waals surface area contributed by atoms with Crippen LogP contribution in [-0.2, 0) is 6.54 Å². The first-order valence-corrected chi connectivity index (χ1v) is 4.69. The van der Waals surface area contributed by atoms with E-state index >= 15 is 0 Å². The van der Waals surface area contributed by atoms with E-state index in [2.05, 4.69) is 5.32 Å². The number of nitrogens with one attached hydrogen (secondary N) is 1. The van der Waals surface area contributed by atoms with Crippen molar-refractivity contribution in [1.82, 2.24) is 5.32 Å². The molecule has 1 aliphatic rings. The summed E-state index contributed by atoms with van der Waals surface area (Å²) in [6.07, 6.45) is 0. The summed E-state index contributed by atoms with van der Waals surface area (Å²) in [6.45, 7) is 2.50. The van der Waals surface area contributed by atoms with E-state index in [-0.39, 0.29) is 0 Å². The van der Waals surface area contributed by atoms with Crippen LogP contribution in [0.3, 0.4) is 0 Å². The molecule has 1 aliphatic heterocycles. The highest BCUT2D eigenvalue weighted by Gasteiger charge is 2.10. The predicted molar refractivity (Wildman–Crippen MR) is 53.3 cm³/mol. The van der Waals surface area contributed by atoms with Gasteiger partial charge in [0.15, 0.2) is 11.5 Å². The number of hydrogen-bond donors (Lipinski definition) is 2. The first kappa shape index (κ1) is 9.30. The van der Waals surface area contributed by atoms with E-state index in [0.717, 1.165) is 23.6 Å². The van der Waals surface area contributed by atoms with Crippen molar-refractivity contribution in [3.8, 4) is 11.5 Å². The third-order valence-electron chi connectivity index (χ3n) is 2.08. The molecule has 0 saturated carbocycles. The number of fused-ring (bicyclic) bond motifs is 1. The summed E-state index contributed by atoms with van der Waals surface area (Å²) >= 11 is 0. The standard InChI is InChI=1S/C10H14N2O2/c11-7-12-6-8-1-2-9-10(5-8)14-4-3-13-9/h1-2,5,12H,3-4,6-7,11H2. The minimum atomic E-state index is 0.481. The van der Waals surface area contributed by atoms with Gasteiger partial charge in [0.2, 0.25) is 0 Å². The molecular weight excluding hydrogens is 180 g/mol. The first-order chi connectivity index (χ1) is 6.90. The van der Waals surface area contributed by atoms with Gasteiger partial charge >= 0.3 is 0 Å². The van der Waals surface area contributed by atoms with E-state index in [0.29, 0.717) is 19.9 Å². The minimum absolute atomic E-state index is 0.481. The van der Waals surface area contributed by atoms with Crippen molar-refractivity contribution in [2.24, 2.45) is 5.73 Å². The third kappa shape index (κ3) is 1.97.